The Labute approximate surface area is 96.1 Å². The summed E-state index contributed by atoms with van der Waals surface area (Å²) >= 11 is 0. The van der Waals surface area contributed by atoms with Gasteiger partial charge in [-0.3, -0.25) is 4.79 Å². The lowest BCUT2D eigenvalue weighted by atomic mass is 9.93. The van der Waals surface area contributed by atoms with Crippen molar-refractivity contribution in [3.63, 3.8) is 0 Å². The normalized spacial score (nSPS) is 14.4. The van der Waals surface area contributed by atoms with Crippen molar-refractivity contribution in [1.82, 2.24) is 0 Å². The van der Waals surface area contributed by atoms with Crippen LogP contribution in [0.25, 0.3) is 0 Å². The lowest BCUT2D eigenvalue weighted by Gasteiger charge is -2.17. The molecule has 0 amide bonds. The minimum atomic E-state index is -0.798. The second-order valence-corrected chi connectivity index (χ2v) is 4.08. The van der Waals surface area contributed by atoms with Gasteiger partial charge in [0.25, 0.3) is 0 Å². The number of hydrogen-bond acceptors (Lipinski definition) is 2. The number of aryl methyl sites for hydroxylation is 1. The molecule has 3 nitrogen and oxygen atoms in total. The first-order valence-corrected chi connectivity index (χ1v) is 5.36. The maximum Gasteiger partial charge on any atom is 0.311 e. The smallest absolute Gasteiger partial charge is 0.311 e. The molecule has 0 saturated carbocycles. The van der Waals surface area contributed by atoms with Gasteiger partial charge < -0.3 is 9.84 Å². The van der Waals surface area contributed by atoms with Crippen molar-refractivity contribution in [2.45, 2.75) is 32.3 Å². The molecule has 0 aliphatic carbocycles. The molecule has 1 N–H and O–H groups in total. The van der Waals surface area contributed by atoms with Gasteiger partial charge in [-0.2, -0.15) is 0 Å². The summed E-state index contributed by atoms with van der Waals surface area (Å²) in [5.41, 5.74) is 1.97. The summed E-state index contributed by atoms with van der Waals surface area (Å²) in [6.07, 6.45) is 0.442. The third-order valence-corrected chi connectivity index (χ3v) is 2.75. The Hall–Kier alpha value is -1.35. The third kappa shape index (κ3) is 3.35. The molecule has 1 aromatic carbocycles. The summed E-state index contributed by atoms with van der Waals surface area (Å²) in [7, 11) is 1.60. The van der Waals surface area contributed by atoms with Gasteiger partial charge in [0, 0.05) is 7.11 Å². The minimum absolute atomic E-state index is 0.0533. The van der Waals surface area contributed by atoms with Crippen LogP contribution in [0.1, 0.15) is 30.4 Å². The molecule has 2 atom stereocenters. The maximum absolute atomic E-state index is 11.2. The Balaban J connectivity index is 2.85. The second-order valence-electron chi connectivity index (χ2n) is 4.08. The number of carboxylic acid groups (broad SMARTS) is 1. The highest BCUT2D eigenvalue weighted by molar-refractivity contribution is 5.76. The molecule has 3 heteroatoms. The summed E-state index contributed by atoms with van der Waals surface area (Å²) in [6.45, 7) is 3.86. The van der Waals surface area contributed by atoms with Crippen LogP contribution in [0.3, 0.4) is 0 Å². The van der Waals surface area contributed by atoms with Crippen LogP contribution in [0.2, 0.25) is 0 Å². The van der Waals surface area contributed by atoms with Gasteiger partial charge in [0.1, 0.15) is 0 Å². The van der Waals surface area contributed by atoms with Gasteiger partial charge in [0.15, 0.2) is 0 Å². The van der Waals surface area contributed by atoms with Crippen LogP contribution in [0.15, 0.2) is 24.3 Å². The summed E-state index contributed by atoms with van der Waals surface area (Å²) in [5, 5.41) is 9.18. The van der Waals surface area contributed by atoms with E-state index in [0.717, 1.165) is 11.1 Å². The van der Waals surface area contributed by atoms with E-state index in [4.69, 9.17) is 4.74 Å². The SMILES string of the molecule is COC(C)CC(C(=O)O)c1ccc(C)cc1. The van der Waals surface area contributed by atoms with E-state index in [0.29, 0.717) is 6.42 Å². The van der Waals surface area contributed by atoms with E-state index < -0.39 is 11.9 Å². The molecular formula is C13H18O3. The summed E-state index contributed by atoms with van der Waals surface area (Å²) in [5.74, 6) is -1.29. The van der Waals surface area contributed by atoms with E-state index in [1.165, 1.54) is 0 Å². The van der Waals surface area contributed by atoms with Crippen LogP contribution in [-0.2, 0) is 9.53 Å². The van der Waals surface area contributed by atoms with E-state index in [2.05, 4.69) is 0 Å². The monoisotopic (exact) mass is 222 g/mol. The van der Waals surface area contributed by atoms with E-state index in [1.54, 1.807) is 7.11 Å². The predicted molar refractivity (Wildman–Crippen MR) is 62.6 cm³/mol. The van der Waals surface area contributed by atoms with E-state index in [-0.39, 0.29) is 6.10 Å². The highest BCUT2D eigenvalue weighted by atomic mass is 16.5. The van der Waals surface area contributed by atoms with Crippen LogP contribution in [0, 0.1) is 6.92 Å². The first-order chi connectivity index (χ1) is 7.54. The molecule has 16 heavy (non-hydrogen) atoms. The molecule has 2 unspecified atom stereocenters. The summed E-state index contributed by atoms with van der Waals surface area (Å²) in [4.78, 5) is 11.2. The molecule has 88 valence electrons. The van der Waals surface area contributed by atoms with Crippen LogP contribution >= 0.6 is 0 Å². The number of carboxylic acids is 1. The second kappa shape index (κ2) is 5.66. The molecule has 0 aromatic heterocycles. The predicted octanol–water partition coefficient (Wildman–Crippen LogP) is 2.59. The molecule has 0 bridgehead atoms. The average molecular weight is 222 g/mol. The average Bonchev–Trinajstić information content (AvgIpc) is 2.26. The van der Waals surface area contributed by atoms with E-state index in [9.17, 15) is 9.90 Å². The molecule has 0 heterocycles. The first kappa shape index (κ1) is 12.7. The number of hydrogen-bond donors (Lipinski definition) is 1. The van der Waals surface area contributed by atoms with Gasteiger partial charge in [-0.25, -0.2) is 0 Å². The Morgan fingerprint density at radius 2 is 1.94 bits per heavy atom. The van der Waals surface area contributed by atoms with Crippen molar-refractivity contribution in [1.29, 1.82) is 0 Å². The Bertz CT molecular complexity index is 343. The van der Waals surface area contributed by atoms with Crippen LogP contribution in [0.5, 0.6) is 0 Å². The number of rotatable bonds is 5. The fourth-order valence-corrected chi connectivity index (χ4v) is 1.61. The van der Waals surface area contributed by atoms with Crippen molar-refractivity contribution in [3.8, 4) is 0 Å². The maximum atomic E-state index is 11.2. The van der Waals surface area contributed by atoms with Crippen molar-refractivity contribution in [2.24, 2.45) is 0 Å². The zero-order valence-electron chi connectivity index (χ0n) is 9.93. The highest BCUT2D eigenvalue weighted by Crippen LogP contribution is 2.23. The molecule has 0 aliphatic heterocycles. The zero-order chi connectivity index (χ0) is 12.1. The topological polar surface area (TPSA) is 46.5 Å². The number of carbonyl (C=O) groups is 1. The quantitative estimate of drug-likeness (QED) is 0.833. The molecule has 1 rings (SSSR count). The highest BCUT2D eigenvalue weighted by Gasteiger charge is 2.22. The largest absolute Gasteiger partial charge is 0.481 e. The van der Waals surface area contributed by atoms with E-state index in [1.807, 2.05) is 38.1 Å². The van der Waals surface area contributed by atoms with Crippen molar-refractivity contribution in [2.75, 3.05) is 7.11 Å². The molecule has 1 aromatic rings. The summed E-state index contributed by atoms with van der Waals surface area (Å²) < 4.78 is 5.11. The standard InChI is InChI=1S/C13H18O3/c1-9-4-6-11(7-5-9)12(13(14)15)8-10(2)16-3/h4-7,10,12H,8H2,1-3H3,(H,14,15). The van der Waals surface area contributed by atoms with E-state index >= 15 is 0 Å². The van der Waals surface area contributed by atoms with Gasteiger partial charge >= 0.3 is 5.97 Å². The fourth-order valence-electron chi connectivity index (χ4n) is 1.61. The van der Waals surface area contributed by atoms with Gasteiger partial charge in [0.2, 0.25) is 0 Å². The lowest BCUT2D eigenvalue weighted by Crippen LogP contribution is -2.18. The van der Waals surface area contributed by atoms with Crippen molar-refractivity contribution < 1.29 is 14.6 Å². The molecule has 0 radical (unpaired) electrons. The van der Waals surface area contributed by atoms with Crippen LogP contribution < -0.4 is 0 Å². The first-order valence-electron chi connectivity index (χ1n) is 5.36. The van der Waals surface area contributed by atoms with Crippen LogP contribution in [-0.4, -0.2) is 24.3 Å². The summed E-state index contributed by atoms with van der Waals surface area (Å²) in [6, 6.07) is 7.61. The zero-order valence-corrected chi connectivity index (χ0v) is 9.93. The third-order valence-electron chi connectivity index (χ3n) is 2.75. The van der Waals surface area contributed by atoms with Gasteiger partial charge in [0.05, 0.1) is 12.0 Å². The molecular weight excluding hydrogens is 204 g/mol. The number of ether oxygens (including phenoxy) is 1. The lowest BCUT2D eigenvalue weighted by molar-refractivity contribution is -0.139. The van der Waals surface area contributed by atoms with Gasteiger partial charge in [-0.15, -0.1) is 0 Å². The van der Waals surface area contributed by atoms with Gasteiger partial charge in [-0.05, 0) is 25.8 Å². The molecule has 0 fully saturated rings. The van der Waals surface area contributed by atoms with Crippen molar-refractivity contribution >= 4 is 5.97 Å². The molecule has 0 saturated heterocycles. The minimum Gasteiger partial charge on any atom is -0.481 e. The Morgan fingerprint density at radius 3 is 2.38 bits per heavy atom. The fraction of sp³-hybridized carbons (Fsp3) is 0.462. The number of benzene rings is 1. The van der Waals surface area contributed by atoms with Crippen LogP contribution in [0.4, 0.5) is 0 Å². The Kier molecular flexibility index (Phi) is 4.50. The Morgan fingerprint density at radius 1 is 1.38 bits per heavy atom. The number of methoxy groups -OCH3 is 1. The van der Waals surface area contributed by atoms with Gasteiger partial charge in [-0.1, -0.05) is 29.8 Å². The molecule has 0 spiro atoms. The van der Waals surface area contributed by atoms with Crippen molar-refractivity contribution in [3.05, 3.63) is 35.4 Å². The molecule has 0 aliphatic rings. The number of aliphatic carboxylic acids is 1.